The van der Waals surface area contributed by atoms with E-state index in [1.54, 1.807) is 13.1 Å². The van der Waals surface area contributed by atoms with Gasteiger partial charge in [-0.3, -0.25) is 4.99 Å². The van der Waals surface area contributed by atoms with Gasteiger partial charge in [0.25, 0.3) is 0 Å². The molecule has 3 rings (SSSR count). The number of allylic oxidation sites excluding steroid dienone is 3. The summed E-state index contributed by atoms with van der Waals surface area (Å²) in [7, 11) is 3.81. The van der Waals surface area contributed by atoms with Crippen LogP contribution >= 0.6 is 0 Å². The van der Waals surface area contributed by atoms with Crippen molar-refractivity contribution in [2.24, 2.45) is 16.6 Å². The fraction of sp³-hybridized carbons (Fsp3) is 0.407. The molecule has 168 valence electrons. The van der Waals surface area contributed by atoms with Crippen molar-refractivity contribution in [1.82, 2.24) is 10.2 Å². The monoisotopic (exact) mass is 429 g/mol. The highest BCUT2D eigenvalue weighted by molar-refractivity contribution is 6.09. The van der Waals surface area contributed by atoms with E-state index in [-0.39, 0.29) is 6.17 Å². The molecule has 2 aliphatic heterocycles. The van der Waals surface area contributed by atoms with Gasteiger partial charge in [-0.05, 0) is 59.5 Å². The van der Waals surface area contributed by atoms with E-state index < -0.39 is 0 Å². The minimum absolute atomic E-state index is 0.0247. The Kier molecular flexibility index (Phi) is 7.94. The molecule has 2 heterocycles. The first-order chi connectivity index (χ1) is 15.6. The molecule has 1 aromatic carbocycles. The van der Waals surface area contributed by atoms with Gasteiger partial charge in [0, 0.05) is 25.9 Å². The van der Waals surface area contributed by atoms with Crippen molar-refractivity contribution in [3.05, 3.63) is 76.8 Å². The maximum absolute atomic E-state index is 9.90. The van der Waals surface area contributed by atoms with E-state index in [1.807, 2.05) is 0 Å². The van der Waals surface area contributed by atoms with Crippen molar-refractivity contribution < 1.29 is 0 Å². The molecule has 0 spiro atoms. The van der Waals surface area contributed by atoms with Gasteiger partial charge in [-0.1, -0.05) is 51.7 Å². The summed E-state index contributed by atoms with van der Waals surface area (Å²) in [6, 6.07) is 8.84. The quantitative estimate of drug-likeness (QED) is 0.548. The average Bonchev–Trinajstić information content (AvgIpc) is 3.24. The van der Waals surface area contributed by atoms with Crippen LogP contribution in [0.1, 0.15) is 56.2 Å². The van der Waals surface area contributed by atoms with Crippen molar-refractivity contribution >= 4 is 11.3 Å². The normalized spacial score (nSPS) is 18.2. The van der Waals surface area contributed by atoms with Crippen LogP contribution < -0.4 is 11.1 Å². The largest absolute Gasteiger partial charge is 0.405 e. The highest BCUT2D eigenvalue weighted by Crippen LogP contribution is 2.34. The summed E-state index contributed by atoms with van der Waals surface area (Å²) < 4.78 is 0. The third-order valence-corrected chi connectivity index (χ3v) is 6.30. The smallest absolute Gasteiger partial charge is 0.126 e. The number of hydrogen-bond acceptors (Lipinski definition) is 5. The van der Waals surface area contributed by atoms with Gasteiger partial charge in [0.15, 0.2) is 0 Å². The van der Waals surface area contributed by atoms with E-state index in [0.29, 0.717) is 5.92 Å². The molecule has 1 aromatic rings. The fourth-order valence-corrected chi connectivity index (χ4v) is 4.71. The Morgan fingerprint density at radius 2 is 2.06 bits per heavy atom. The average molecular weight is 430 g/mol. The molecule has 0 radical (unpaired) electrons. The zero-order chi connectivity index (χ0) is 23.1. The number of hydrogen-bond donors (Lipinski definition) is 2. The molecule has 1 atom stereocenters. The highest BCUT2D eigenvalue weighted by atomic mass is 15.3. The second kappa shape index (κ2) is 10.9. The number of nitrogens with zero attached hydrogens (tertiary/aromatic N) is 3. The second-order valence-corrected chi connectivity index (χ2v) is 8.55. The maximum Gasteiger partial charge on any atom is 0.126 e. The molecule has 5 heteroatoms. The van der Waals surface area contributed by atoms with Gasteiger partial charge in [0.05, 0.1) is 23.0 Å². The van der Waals surface area contributed by atoms with Crippen LogP contribution in [0.3, 0.4) is 0 Å². The van der Waals surface area contributed by atoms with Crippen LogP contribution in [0.15, 0.2) is 65.1 Å². The predicted octanol–water partition coefficient (Wildman–Crippen LogP) is 4.89. The second-order valence-electron chi connectivity index (χ2n) is 8.55. The predicted molar refractivity (Wildman–Crippen MR) is 134 cm³/mol. The first-order valence-electron chi connectivity index (χ1n) is 11.6. The lowest BCUT2D eigenvalue weighted by Gasteiger charge is -2.30. The SMILES string of the molecule is CCCC(CCC)Cc1ccc(C2=C3C=C(C(C=CN)=NC)NC3N(C)C=C2)cc1C#N. The molecule has 0 bridgehead atoms. The number of aliphatic imine (C=N–C) groups is 1. The van der Waals surface area contributed by atoms with Crippen LogP contribution in [-0.4, -0.2) is 30.9 Å². The fourth-order valence-electron chi connectivity index (χ4n) is 4.71. The summed E-state index contributed by atoms with van der Waals surface area (Å²) in [6.45, 7) is 4.48. The Balaban J connectivity index is 1.99. The third kappa shape index (κ3) is 4.96. The van der Waals surface area contributed by atoms with Gasteiger partial charge in [0.2, 0.25) is 0 Å². The van der Waals surface area contributed by atoms with Crippen molar-refractivity contribution in [2.75, 3.05) is 14.1 Å². The van der Waals surface area contributed by atoms with Gasteiger partial charge in [-0.2, -0.15) is 5.26 Å². The molecule has 5 nitrogen and oxygen atoms in total. The Morgan fingerprint density at radius 3 is 2.69 bits per heavy atom. The van der Waals surface area contributed by atoms with Crippen molar-refractivity contribution in [2.45, 2.75) is 52.1 Å². The Hall–Kier alpha value is -3.26. The zero-order valence-electron chi connectivity index (χ0n) is 19.7. The van der Waals surface area contributed by atoms with Crippen molar-refractivity contribution in [3.8, 4) is 6.07 Å². The lowest BCUT2D eigenvalue weighted by Crippen LogP contribution is -2.40. The standard InChI is InChI=1S/C27H35N5/c1-5-7-19(8-6-2)15-20-9-10-21(16-22(20)18-29)23-12-14-32(4)27-24(23)17-26(31-27)25(30-3)11-13-28/h9-14,16-17,19,27,31H,5-8,15,28H2,1-4H3. The summed E-state index contributed by atoms with van der Waals surface area (Å²) in [4.78, 5) is 6.49. The number of nitriles is 1. The van der Waals surface area contributed by atoms with Crippen LogP contribution in [0.5, 0.6) is 0 Å². The van der Waals surface area contributed by atoms with E-state index in [9.17, 15) is 5.26 Å². The summed E-state index contributed by atoms with van der Waals surface area (Å²) >= 11 is 0. The number of nitrogens with two attached hydrogens (primary N) is 1. The first-order valence-corrected chi connectivity index (χ1v) is 11.6. The third-order valence-electron chi connectivity index (χ3n) is 6.30. The van der Waals surface area contributed by atoms with Crippen LogP contribution in [0.4, 0.5) is 0 Å². The minimum atomic E-state index is 0.0247. The van der Waals surface area contributed by atoms with Gasteiger partial charge < -0.3 is 16.0 Å². The molecule has 2 aliphatic rings. The molecule has 1 unspecified atom stereocenters. The molecule has 0 aromatic heterocycles. The summed E-state index contributed by atoms with van der Waals surface area (Å²) in [5, 5.41) is 13.4. The zero-order valence-corrected chi connectivity index (χ0v) is 19.7. The minimum Gasteiger partial charge on any atom is -0.405 e. The molecule has 0 amide bonds. The van der Waals surface area contributed by atoms with Gasteiger partial charge in [-0.15, -0.1) is 0 Å². The van der Waals surface area contributed by atoms with Gasteiger partial charge in [0.1, 0.15) is 6.17 Å². The number of benzene rings is 1. The Morgan fingerprint density at radius 1 is 1.31 bits per heavy atom. The molecule has 0 fully saturated rings. The van der Waals surface area contributed by atoms with E-state index in [0.717, 1.165) is 40.1 Å². The van der Waals surface area contributed by atoms with E-state index in [4.69, 9.17) is 5.73 Å². The lowest BCUT2D eigenvalue weighted by molar-refractivity contribution is 0.349. The molecular weight excluding hydrogens is 394 g/mol. The summed E-state index contributed by atoms with van der Waals surface area (Å²) in [5.41, 5.74) is 12.7. The van der Waals surface area contributed by atoms with Gasteiger partial charge >= 0.3 is 0 Å². The molecule has 0 saturated carbocycles. The Bertz CT molecular complexity index is 1010. The highest BCUT2D eigenvalue weighted by Gasteiger charge is 2.30. The van der Waals surface area contributed by atoms with E-state index >= 15 is 0 Å². The van der Waals surface area contributed by atoms with Gasteiger partial charge in [-0.25, -0.2) is 0 Å². The summed E-state index contributed by atoms with van der Waals surface area (Å²) in [6.07, 6.45) is 15.4. The maximum atomic E-state index is 9.90. The molecule has 0 saturated heterocycles. The lowest BCUT2D eigenvalue weighted by atomic mass is 9.87. The van der Waals surface area contributed by atoms with E-state index in [2.05, 4.69) is 78.7 Å². The number of likely N-dealkylation sites (N-methyl/N-ethyl adjacent to an activating group) is 1. The van der Waals surface area contributed by atoms with Crippen LogP contribution in [0.25, 0.3) is 5.57 Å². The molecular formula is C27H35N5. The molecule has 32 heavy (non-hydrogen) atoms. The van der Waals surface area contributed by atoms with Crippen molar-refractivity contribution in [3.63, 3.8) is 0 Å². The Labute approximate surface area is 192 Å². The van der Waals surface area contributed by atoms with Crippen LogP contribution in [0.2, 0.25) is 0 Å². The topological polar surface area (TPSA) is 77.4 Å². The number of fused-ring (bicyclic) bond motifs is 1. The first kappa shape index (κ1) is 23.4. The van der Waals surface area contributed by atoms with Crippen LogP contribution in [-0.2, 0) is 6.42 Å². The summed E-state index contributed by atoms with van der Waals surface area (Å²) in [5.74, 6) is 0.643. The van der Waals surface area contributed by atoms with E-state index in [1.165, 1.54) is 37.5 Å². The number of rotatable bonds is 9. The van der Waals surface area contributed by atoms with Crippen LogP contribution in [0, 0.1) is 17.2 Å². The molecule has 3 N–H and O–H groups in total. The molecule has 0 aliphatic carbocycles. The number of nitrogens with one attached hydrogen (secondary N) is 1. The van der Waals surface area contributed by atoms with Crippen molar-refractivity contribution in [1.29, 1.82) is 5.26 Å².